The van der Waals surface area contributed by atoms with Gasteiger partial charge in [-0.2, -0.15) is 5.10 Å². The summed E-state index contributed by atoms with van der Waals surface area (Å²) in [5.74, 6) is 1.73. The third kappa shape index (κ3) is 3.19. The molecule has 0 saturated carbocycles. The monoisotopic (exact) mass is 315 g/mol. The SMILES string of the molecule is Cc1cnn([C@@H]2CCCN(C(=O)[C@H](C)c3cc(C)oc3C)C2)c1. The molecule has 1 amide bonds. The molecule has 0 spiro atoms. The molecule has 3 rings (SSSR count). The quantitative estimate of drug-likeness (QED) is 0.872. The van der Waals surface area contributed by atoms with Crippen LogP contribution in [0.3, 0.4) is 0 Å². The summed E-state index contributed by atoms with van der Waals surface area (Å²) in [6.07, 6.45) is 6.03. The number of hydrogen-bond donors (Lipinski definition) is 0. The number of furan rings is 1. The Hall–Kier alpha value is -2.04. The summed E-state index contributed by atoms with van der Waals surface area (Å²) in [6, 6.07) is 2.26. The van der Waals surface area contributed by atoms with Crippen LogP contribution in [0.1, 0.15) is 54.4 Å². The number of aryl methyl sites for hydroxylation is 3. The van der Waals surface area contributed by atoms with Gasteiger partial charge >= 0.3 is 0 Å². The first kappa shape index (κ1) is 15.8. The fraction of sp³-hybridized carbons (Fsp3) is 0.556. The predicted octanol–water partition coefficient (Wildman–Crippen LogP) is 3.37. The van der Waals surface area contributed by atoms with Crippen molar-refractivity contribution in [2.24, 2.45) is 0 Å². The van der Waals surface area contributed by atoms with Crippen LogP contribution < -0.4 is 0 Å². The van der Waals surface area contributed by atoms with Crippen molar-refractivity contribution in [1.82, 2.24) is 14.7 Å². The number of aromatic nitrogens is 2. The molecular weight excluding hydrogens is 290 g/mol. The molecule has 0 bridgehead atoms. The zero-order valence-electron chi connectivity index (χ0n) is 14.4. The van der Waals surface area contributed by atoms with Gasteiger partial charge < -0.3 is 9.32 Å². The van der Waals surface area contributed by atoms with Crippen molar-refractivity contribution in [3.05, 3.63) is 41.1 Å². The van der Waals surface area contributed by atoms with Gasteiger partial charge in [-0.1, -0.05) is 0 Å². The maximum Gasteiger partial charge on any atom is 0.230 e. The highest BCUT2D eigenvalue weighted by Crippen LogP contribution is 2.28. The summed E-state index contributed by atoms with van der Waals surface area (Å²) in [6.45, 7) is 9.43. The van der Waals surface area contributed by atoms with Gasteiger partial charge in [-0.05, 0) is 52.2 Å². The summed E-state index contributed by atoms with van der Waals surface area (Å²) >= 11 is 0. The molecule has 2 aromatic heterocycles. The number of amides is 1. The number of nitrogens with zero attached hydrogens (tertiary/aromatic N) is 3. The minimum atomic E-state index is -0.162. The molecule has 2 aromatic rings. The van der Waals surface area contributed by atoms with E-state index in [1.807, 2.05) is 49.5 Å². The number of hydrogen-bond acceptors (Lipinski definition) is 3. The molecule has 3 heterocycles. The minimum absolute atomic E-state index is 0.162. The van der Waals surface area contributed by atoms with Gasteiger partial charge in [0.05, 0.1) is 18.2 Å². The Morgan fingerprint density at radius 3 is 2.78 bits per heavy atom. The van der Waals surface area contributed by atoms with Crippen molar-refractivity contribution < 1.29 is 9.21 Å². The summed E-state index contributed by atoms with van der Waals surface area (Å²) in [7, 11) is 0. The molecule has 2 atom stereocenters. The van der Waals surface area contributed by atoms with E-state index in [0.29, 0.717) is 0 Å². The van der Waals surface area contributed by atoms with Crippen LogP contribution in [0.5, 0.6) is 0 Å². The van der Waals surface area contributed by atoms with Crippen molar-refractivity contribution in [2.75, 3.05) is 13.1 Å². The first-order valence-corrected chi connectivity index (χ1v) is 8.32. The molecule has 0 aliphatic carbocycles. The van der Waals surface area contributed by atoms with E-state index in [-0.39, 0.29) is 17.9 Å². The van der Waals surface area contributed by atoms with Gasteiger partial charge in [0, 0.05) is 24.8 Å². The highest BCUT2D eigenvalue weighted by atomic mass is 16.3. The third-order valence-electron chi connectivity index (χ3n) is 4.73. The summed E-state index contributed by atoms with van der Waals surface area (Å²) in [5.41, 5.74) is 2.16. The maximum absolute atomic E-state index is 12.9. The van der Waals surface area contributed by atoms with Crippen LogP contribution in [0.4, 0.5) is 0 Å². The lowest BCUT2D eigenvalue weighted by Crippen LogP contribution is -2.42. The number of carbonyl (C=O) groups is 1. The third-order valence-corrected chi connectivity index (χ3v) is 4.73. The van der Waals surface area contributed by atoms with Crippen LogP contribution in [0.25, 0.3) is 0 Å². The highest BCUT2D eigenvalue weighted by Gasteiger charge is 2.30. The van der Waals surface area contributed by atoms with Gasteiger partial charge in [-0.15, -0.1) is 0 Å². The molecule has 0 aromatic carbocycles. The van der Waals surface area contributed by atoms with Crippen LogP contribution >= 0.6 is 0 Å². The molecule has 0 N–H and O–H groups in total. The predicted molar refractivity (Wildman–Crippen MR) is 88.4 cm³/mol. The van der Waals surface area contributed by atoms with Crippen LogP contribution in [0.2, 0.25) is 0 Å². The average Bonchev–Trinajstić information content (AvgIpc) is 3.11. The van der Waals surface area contributed by atoms with E-state index in [1.54, 1.807) is 0 Å². The lowest BCUT2D eigenvalue weighted by Gasteiger charge is -2.34. The van der Waals surface area contributed by atoms with E-state index >= 15 is 0 Å². The van der Waals surface area contributed by atoms with Crippen molar-refractivity contribution in [2.45, 2.75) is 52.5 Å². The molecule has 1 fully saturated rings. The van der Waals surface area contributed by atoms with E-state index in [1.165, 1.54) is 0 Å². The van der Waals surface area contributed by atoms with Gasteiger partial charge in [0.2, 0.25) is 5.91 Å². The first-order chi connectivity index (χ1) is 11.0. The minimum Gasteiger partial charge on any atom is -0.466 e. The number of rotatable bonds is 3. The topological polar surface area (TPSA) is 51.3 Å². The van der Waals surface area contributed by atoms with Gasteiger partial charge in [-0.25, -0.2) is 0 Å². The molecule has 23 heavy (non-hydrogen) atoms. The second-order valence-corrected chi connectivity index (χ2v) is 6.67. The van der Waals surface area contributed by atoms with Crippen molar-refractivity contribution in [3.63, 3.8) is 0 Å². The van der Waals surface area contributed by atoms with E-state index < -0.39 is 0 Å². The number of carbonyl (C=O) groups excluding carboxylic acids is 1. The Morgan fingerprint density at radius 1 is 1.39 bits per heavy atom. The molecule has 1 aliphatic heterocycles. The first-order valence-electron chi connectivity index (χ1n) is 8.32. The Kier molecular flexibility index (Phi) is 4.28. The van der Waals surface area contributed by atoms with Crippen LogP contribution in [-0.2, 0) is 4.79 Å². The van der Waals surface area contributed by atoms with Crippen molar-refractivity contribution >= 4 is 5.91 Å². The zero-order valence-corrected chi connectivity index (χ0v) is 14.4. The van der Waals surface area contributed by atoms with Crippen LogP contribution in [-0.4, -0.2) is 33.7 Å². The van der Waals surface area contributed by atoms with E-state index in [2.05, 4.69) is 11.3 Å². The largest absolute Gasteiger partial charge is 0.466 e. The standard InChI is InChI=1S/C18H25N3O2/c1-12-9-19-21(10-12)16-6-5-7-20(11-16)18(22)14(3)17-8-13(2)23-15(17)4/h8-10,14,16H,5-7,11H2,1-4H3/t14-,16-/m1/s1. The molecule has 0 unspecified atom stereocenters. The van der Waals surface area contributed by atoms with Gasteiger partial charge in [0.1, 0.15) is 11.5 Å². The van der Waals surface area contributed by atoms with Gasteiger partial charge in [-0.3, -0.25) is 9.48 Å². The Balaban J connectivity index is 1.73. The van der Waals surface area contributed by atoms with E-state index in [4.69, 9.17) is 4.42 Å². The normalized spacial score (nSPS) is 19.8. The number of likely N-dealkylation sites (tertiary alicyclic amines) is 1. The molecule has 124 valence electrons. The van der Waals surface area contributed by atoms with Gasteiger partial charge in [0.15, 0.2) is 0 Å². The molecule has 0 radical (unpaired) electrons. The summed E-state index contributed by atoms with van der Waals surface area (Å²) in [4.78, 5) is 14.9. The van der Waals surface area contributed by atoms with Gasteiger partial charge in [0.25, 0.3) is 0 Å². The maximum atomic E-state index is 12.9. The molecule has 1 saturated heterocycles. The fourth-order valence-corrected chi connectivity index (χ4v) is 3.49. The Bertz CT molecular complexity index is 701. The molecule has 5 nitrogen and oxygen atoms in total. The Labute approximate surface area is 137 Å². The number of piperidine rings is 1. The molecule has 1 aliphatic rings. The van der Waals surface area contributed by atoms with Crippen LogP contribution in [0.15, 0.2) is 22.9 Å². The van der Waals surface area contributed by atoms with Crippen LogP contribution in [0, 0.1) is 20.8 Å². The summed E-state index contributed by atoms with van der Waals surface area (Å²) in [5, 5.41) is 4.42. The fourth-order valence-electron chi connectivity index (χ4n) is 3.49. The lowest BCUT2D eigenvalue weighted by molar-refractivity contribution is -0.134. The van der Waals surface area contributed by atoms with Crippen molar-refractivity contribution in [3.8, 4) is 0 Å². The second-order valence-electron chi connectivity index (χ2n) is 6.67. The summed E-state index contributed by atoms with van der Waals surface area (Å²) < 4.78 is 7.59. The molecular formula is C18H25N3O2. The lowest BCUT2D eigenvalue weighted by atomic mass is 9.97. The Morgan fingerprint density at radius 2 is 2.17 bits per heavy atom. The zero-order chi connectivity index (χ0) is 16.6. The van der Waals surface area contributed by atoms with E-state index in [0.717, 1.165) is 48.6 Å². The smallest absolute Gasteiger partial charge is 0.230 e. The van der Waals surface area contributed by atoms with E-state index in [9.17, 15) is 4.79 Å². The highest BCUT2D eigenvalue weighted by molar-refractivity contribution is 5.83. The second kappa shape index (κ2) is 6.22. The molecule has 5 heteroatoms. The van der Waals surface area contributed by atoms with Crippen molar-refractivity contribution in [1.29, 1.82) is 0 Å². The average molecular weight is 315 g/mol.